The van der Waals surface area contributed by atoms with Crippen molar-refractivity contribution in [3.05, 3.63) is 35.4 Å². The maximum absolute atomic E-state index is 11.5. The third-order valence-corrected chi connectivity index (χ3v) is 2.42. The Bertz CT molecular complexity index is 365. The second kappa shape index (κ2) is 5.63. The predicted molar refractivity (Wildman–Crippen MR) is 60.5 cm³/mol. The molecule has 0 aromatic heterocycles. The molecule has 0 aliphatic carbocycles. The topological polar surface area (TPSA) is 49.8 Å². The number of amides is 1. The summed E-state index contributed by atoms with van der Waals surface area (Å²) in [6.07, 6.45) is -0.765. The summed E-state index contributed by atoms with van der Waals surface area (Å²) in [4.78, 5) is 16.2. The molecule has 0 aliphatic rings. The van der Waals surface area contributed by atoms with Gasteiger partial charge in [-0.05, 0) is 12.5 Å². The highest BCUT2D eigenvalue weighted by Crippen LogP contribution is 2.18. The van der Waals surface area contributed by atoms with Crippen LogP contribution in [0.5, 0.6) is 0 Å². The van der Waals surface area contributed by atoms with E-state index in [9.17, 15) is 9.90 Å². The highest BCUT2D eigenvalue weighted by Gasteiger charge is 2.16. The molecule has 1 rings (SSSR count). The summed E-state index contributed by atoms with van der Waals surface area (Å²) in [5.74, 6) is -0.253. The highest BCUT2D eigenvalue weighted by atomic mass is 16.7. The lowest BCUT2D eigenvalue weighted by Crippen LogP contribution is -2.26. The molecule has 0 fully saturated rings. The van der Waals surface area contributed by atoms with Crippen molar-refractivity contribution in [3.8, 4) is 0 Å². The number of aryl methyl sites for hydroxylation is 1. The minimum atomic E-state index is -0.787. The number of benzene rings is 1. The largest absolute Gasteiger partial charge is 0.388 e. The monoisotopic (exact) mass is 223 g/mol. The van der Waals surface area contributed by atoms with Crippen LogP contribution in [0, 0.1) is 6.92 Å². The zero-order valence-electron chi connectivity index (χ0n) is 9.80. The number of nitrogens with zero attached hydrogens (tertiary/aromatic N) is 1. The molecule has 88 valence electrons. The van der Waals surface area contributed by atoms with Gasteiger partial charge in [0.1, 0.15) is 0 Å². The number of carbonyl (C=O) groups excluding carboxylic acids is 1. The first-order valence-corrected chi connectivity index (χ1v) is 5.10. The summed E-state index contributed by atoms with van der Waals surface area (Å²) < 4.78 is 0. The molecule has 4 heteroatoms. The van der Waals surface area contributed by atoms with Crippen LogP contribution in [0.15, 0.2) is 24.3 Å². The van der Waals surface area contributed by atoms with Gasteiger partial charge < -0.3 is 5.11 Å². The Labute approximate surface area is 95.4 Å². The normalized spacial score (nSPS) is 12.2. The van der Waals surface area contributed by atoms with Gasteiger partial charge in [-0.1, -0.05) is 29.8 Å². The Morgan fingerprint density at radius 1 is 1.56 bits per heavy atom. The minimum Gasteiger partial charge on any atom is -0.388 e. The standard InChI is InChI=1S/C12H17NO3/c1-9-5-4-6-10(7-9)11(14)8-12(15)13(2)16-3/h4-7,11,14H,8H2,1-3H3. The molecule has 1 unspecified atom stereocenters. The predicted octanol–water partition coefficient (Wildman–Crippen LogP) is 1.44. The van der Waals surface area contributed by atoms with E-state index >= 15 is 0 Å². The van der Waals surface area contributed by atoms with Crippen molar-refractivity contribution in [2.24, 2.45) is 0 Å². The summed E-state index contributed by atoms with van der Waals surface area (Å²) in [5.41, 5.74) is 1.81. The van der Waals surface area contributed by atoms with Gasteiger partial charge in [0.2, 0.25) is 5.91 Å². The molecule has 1 aromatic carbocycles. The third-order valence-electron chi connectivity index (χ3n) is 2.42. The Kier molecular flexibility index (Phi) is 4.46. The van der Waals surface area contributed by atoms with Crippen LogP contribution in [0.25, 0.3) is 0 Å². The van der Waals surface area contributed by atoms with Crippen molar-refractivity contribution in [1.29, 1.82) is 0 Å². The number of rotatable bonds is 4. The van der Waals surface area contributed by atoms with Crippen LogP contribution in [0.4, 0.5) is 0 Å². The molecule has 1 aromatic rings. The fraction of sp³-hybridized carbons (Fsp3) is 0.417. The molecule has 0 aliphatic heterocycles. The zero-order valence-corrected chi connectivity index (χ0v) is 9.80. The van der Waals surface area contributed by atoms with Crippen LogP contribution in [-0.4, -0.2) is 30.2 Å². The lowest BCUT2D eigenvalue weighted by molar-refractivity contribution is -0.170. The van der Waals surface area contributed by atoms with Crippen molar-refractivity contribution in [1.82, 2.24) is 5.06 Å². The van der Waals surface area contributed by atoms with E-state index in [1.807, 2.05) is 25.1 Å². The van der Waals surface area contributed by atoms with Crippen molar-refractivity contribution in [2.45, 2.75) is 19.4 Å². The third kappa shape index (κ3) is 3.32. The van der Waals surface area contributed by atoms with Gasteiger partial charge in [0.25, 0.3) is 0 Å². The molecular weight excluding hydrogens is 206 g/mol. The van der Waals surface area contributed by atoms with Gasteiger partial charge in [0, 0.05) is 7.05 Å². The molecule has 1 atom stereocenters. The van der Waals surface area contributed by atoms with Gasteiger partial charge in [-0.25, -0.2) is 5.06 Å². The molecule has 0 radical (unpaired) electrons. The van der Waals surface area contributed by atoms with E-state index in [2.05, 4.69) is 0 Å². The summed E-state index contributed by atoms with van der Waals surface area (Å²) in [6, 6.07) is 7.47. The van der Waals surface area contributed by atoms with Crippen molar-refractivity contribution in [2.75, 3.05) is 14.2 Å². The van der Waals surface area contributed by atoms with E-state index in [4.69, 9.17) is 4.84 Å². The highest BCUT2D eigenvalue weighted by molar-refractivity contribution is 5.75. The quantitative estimate of drug-likeness (QED) is 0.786. The Morgan fingerprint density at radius 3 is 2.81 bits per heavy atom. The molecule has 4 nitrogen and oxygen atoms in total. The molecule has 1 amide bonds. The molecule has 1 N–H and O–H groups in total. The van der Waals surface area contributed by atoms with E-state index in [1.165, 1.54) is 14.2 Å². The van der Waals surface area contributed by atoms with Crippen molar-refractivity contribution >= 4 is 5.91 Å². The summed E-state index contributed by atoms with van der Waals surface area (Å²) in [5, 5.41) is 11.0. The van der Waals surface area contributed by atoms with Crippen LogP contribution < -0.4 is 0 Å². The van der Waals surface area contributed by atoms with E-state index in [1.54, 1.807) is 6.07 Å². The number of aliphatic hydroxyl groups excluding tert-OH is 1. The summed E-state index contributed by atoms with van der Waals surface area (Å²) >= 11 is 0. The summed E-state index contributed by atoms with van der Waals surface area (Å²) in [7, 11) is 2.93. The molecular formula is C12H17NO3. The minimum absolute atomic E-state index is 0.0216. The molecule has 16 heavy (non-hydrogen) atoms. The Hall–Kier alpha value is -1.39. The number of carbonyl (C=O) groups is 1. The van der Waals surface area contributed by atoms with Gasteiger partial charge in [0.05, 0.1) is 19.6 Å². The Balaban J connectivity index is 2.65. The van der Waals surface area contributed by atoms with Crippen LogP contribution in [-0.2, 0) is 9.63 Å². The zero-order chi connectivity index (χ0) is 12.1. The van der Waals surface area contributed by atoms with E-state index in [0.29, 0.717) is 0 Å². The van der Waals surface area contributed by atoms with E-state index in [0.717, 1.165) is 16.2 Å². The molecule has 0 heterocycles. The SMILES string of the molecule is CON(C)C(=O)CC(O)c1cccc(C)c1. The fourth-order valence-corrected chi connectivity index (χ4v) is 1.39. The van der Waals surface area contributed by atoms with Crippen LogP contribution in [0.3, 0.4) is 0 Å². The number of hydrogen-bond donors (Lipinski definition) is 1. The van der Waals surface area contributed by atoms with Crippen molar-refractivity contribution in [3.63, 3.8) is 0 Å². The maximum Gasteiger partial charge on any atom is 0.248 e. The van der Waals surface area contributed by atoms with Gasteiger partial charge >= 0.3 is 0 Å². The first-order valence-electron chi connectivity index (χ1n) is 5.10. The molecule has 0 saturated heterocycles. The maximum atomic E-state index is 11.5. The van der Waals surface area contributed by atoms with Crippen LogP contribution in [0.1, 0.15) is 23.7 Å². The van der Waals surface area contributed by atoms with Gasteiger partial charge in [-0.2, -0.15) is 0 Å². The van der Waals surface area contributed by atoms with Crippen LogP contribution in [0.2, 0.25) is 0 Å². The first-order chi connectivity index (χ1) is 7.54. The second-order valence-electron chi connectivity index (χ2n) is 3.71. The smallest absolute Gasteiger partial charge is 0.248 e. The number of hydrogen-bond acceptors (Lipinski definition) is 3. The molecule has 0 saturated carbocycles. The van der Waals surface area contributed by atoms with E-state index < -0.39 is 6.10 Å². The van der Waals surface area contributed by atoms with Crippen LogP contribution >= 0.6 is 0 Å². The van der Waals surface area contributed by atoms with Gasteiger partial charge in [0.15, 0.2) is 0 Å². The van der Waals surface area contributed by atoms with Gasteiger partial charge in [-0.3, -0.25) is 9.63 Å². The number of hydroxylamine groups is 2. The first kappa shape index (κ1) is 12.7. The lowest BCUT2D eigenvalue weighted by atomic mass is 10.0. The van der Waals surface area contributed by atoms with Gasteiger partial charge in [-0.15, -0.1) is 0 Å². The average molecular weight is 223 g/mol. The van der Waals surface area contributed by atoms with Crippen molar-refractivity contribution < 1.29 is 14.7 Å². The van der Waals surface area contributed by atoms with E-state index in [-0.39, 0.29) is 12.3 Å². The number of aliphatic hydroxyl groups is 1. The average Bonchev–Trinajstić information content (AvgIpc) is 2.27. The molecule has 0 bridgehead atoms. The lowest BCUT2D eigenvalue weighted by Gasteiger charge is -2.16. The second-order valence-corrected chi connectivity index (χ2v) is 3.71. The fourth-order valence-electron chi connectivity index (χ4n) is 1.39. The Morgan fingerprint density at radius 2 is 2.25 bits per heavy atom. The molecule has 0 spiro atoms. The summed E-state index contributed by atoms with van der Waals surface area (Å²) in [6.45, 7) is 1.94.